The molecule has 1 aromatic carbocycles. The van der Waals surface area contributed by atoms with Crippen molar-refractivity contribution in [3.63, 3.8) is 0 Å². The van der Waals surface area contributed by atoms with E-state index in [0.29, 0.717) is 4.90 Å². The Morgan fingerprint density at radius 2 is 1.80 bits per heavy atom. The minimum atomic E-state index is -1.16. The van der Waals surface area contributed by atoms with Crippen molar-refractivity contribution < 1.29 is 8.60 Å². The highest BCUT2D eigenvalue weighted by molar-refractivity contribution is 7.85. The summed E-state index contributed by atoms with van der Waals surface area (Å²) >= 11 is 0. The second-order valence-electron chi connectivity index (χ2n) is 3.99. The standard InChI is InChI=1S/C12H15FOS/c13-11-8-4-5-9-12(11)15(14)10-6-2-1-3-7-10/h4-5,8-10H,1-3,6-7H2. The van der Waals surface area contributed by atoms with Crippen molar-refractivity contribution in [2.45, 2.75) is 42.2 Å². The lowest BCUT2D eigenvalue weighted by atomic mass is 10.0. The van der Waals surface area contributed by atoms with Gasteiger partial charge in [0.2, 0.25) is 0 Å². The first-order valence-corrected chi connectivity index (χ1v) is 6.65. The highest BCUT2D eigenvalue weighted by Crippen LogP contribution is 2.26. The van der Waals surface area contributed by atoms with Gasteiger partial charge in [0.1, 0.15) is 5.82 Å². The molecular weight excluding hydrogens is 211 g/mol. The zero-order chi connectivity index (χ0) is 10.7. The molecule has 0 amide bonds. The van der Waals surface area contributed by atoms with Crippen LogP contribution in [0, 0.1) is 5.82 Å². The number of hydrogen-bond acceptors (Lipinski definition) is 1. The Labute approximate surface area is 92.2 Å². The molecule has 1 aliphatic rings. The second-order valence-corrected chi connectivity index (χ2v) is 5.69. The van der Waals surface area contributed by atoms with Gasteiger partial charge in [-0.2, -0.15) is 0 Å². The SMILES string of the molecule is O=S(c1ccccc1F)C1CCCCC1. The maximum atomic E-state index is 13.4. The van der Waals surface area contributed by atoms with Gasteiger partial charge in [0.05, 0.1) is 15.7 Å². The molecule has 0 heterocycles. The number of rotatable bonds is 2. The summed E-state index contributed by atoms with van der Waals surface area (Å²) in [6.45, 7) is 0. The monoisotopic (exact) mass is 226 g/mol. The fourth-order valence-electron chi connectivity index (χ4n) is 2.07. The van der Waals surface area contributed by atoms with E-state index in [9.17, 15) is 8.60 Å². The molecule has 0 bridgehead atoms. The van der Waals surface area contributed by atoms with Crippen molar-refractivity contribution in [3.05, 3.63) is 30.1 Å². The quantitative estimate of drug-likeness (QED) is 0.756. The summed E-state index contributed by atoms with van der Waals surface area (Å²) in [5.41, 5.74) is 0. The van der Waals surface area contributed by atoms with Gasteiger partial charge in [-0.15, -0.1) is 0 Å². The van der Waals surface area contributed by atoms with Crippen LogP contribution in [0.25, 0.3) is 0 Å². The van der Waals surface area contributed by atoms with Crippen LogP contribution in [0.3, 0.4) is 0 Å². The van der Waals surface area contributed by atoms with E-state index >= 15 is 0 Å². The van der Waals surface area contributed by atoms with E-state index in [1.54, 1.807) is 18.2 Å². The molecule has 1 fully saturated rings. The summed E-state index contributed by atoms with van der Waals surface area (Å²) in [5.74, 6) is -0.332. The van der Waals surface area contributed by atoms with Crippen LogP contribution >= 0.6 is 0 Å². The van der Waals surface area contributed by atoms with Gasteiger partial charge in [0, 0.05) is 5.25 Å². The van der Waals surface area contributed by atoms with Gasteiger partial charge >= 0.3 is 0 Å². The Morgan fingerprint density at radius 1 is 1.13 bits per heavy atom. The summed E-state index contributed by atoms with van der Waals surface area (Å²) in [6.07, 6.45) is 5.43. The zero-order valence-corrected chi connectivity index (χ0v) is 9.43. The fourth-order valence-corrected chi connectivity index (χ4v) is 3.66. The van der Waals surface area contributed by atoms with Crippen LogP contribution in [0.5, 0.6) is 0 Å². The molecule has 1 unspecified atom stereocenters. The normalized spacial score (nSPS) is 20.1. The molecule has 1 nitrogen and oxygen atoms in total. The third kappa shape index (κ3) is 2.46. The molecule has 1 saturated carbocycles. The van der Waals surface area contributed by atoms with Gasteiger partial charge in [0.15, 0.2) is 0 Å². The van der Waals surface area contributed by atoms with Crippen LogP contribution in [0.1, 0.15) is 32.1 Å². The van der Waals surface area contributed by atoms with Crippen LogP contribution < -0.4 is 0 Å². The van der Waals surface area contributed by atoms with E-state index in [2.05, 4.69) is 0 Å². The van der Waals surface area contributed by atoms with Crippen LogP contribution in [0.4, 0.5) is 4.39 Å². The zero-order valence-electron chi connectivity index (χ0n) is 8.62. The first-order chi connectivity index (χ1) is 7.29. The topological polar surface area (TPSA) is 17.1 Å². The molecule has 0 N–H and O–H groups in total. The van der Waals surface area contributed by atoms with Gasteiger partial charge < -0.3 is 0 Å². The predicted molar refractivity (Wildman–Crippen MR) is 59.7 cm³/mol. The van der Waals surface area contributed by atoms with Crippen molar-refractivity contribution in [2.75, 3.05) is 0 Å². The van der Waals surface area contributed by atoms with Crippen LogP contribution in [0.15, 0.2) is 29.2 Å². The molecule has 1 aliphatic carbocycles. The largest absolute Gasteiger partial charge is 0.254 e. The molecule has 1 atom stereocenters. The van der Waals surface area contributed by atoms with Crippen molar-refractivity contribution in [1.29, 1.82) is 0 Å². The first-order valence-electron chi connectivity index (χ1n) is 5.44. The Bertz CT molecular complexity index is 358. The lowest BCUT2D eigenvalue weighted by molar-refractivity contribution is 0.502. The van der Waals surface area contributed by atoms with Gasteiger partial charge in [0.25, 0.3) is 0 Å². The molecule has 0 aromatic heterocycles. The van der Waals surface area contributed by atoms with Gasteiger partial charge in [-0.05, 0) is 25.0 Å². The Hall–Kier alpha value is -0.700. The third-order valence-corrected chi connectivity index (χ3v) is 4.75. The second kappa shape index (κ2) is 4.88. The highest BCUT2D eigenvalue weighted by Gasteiger charge is 2.22. The summed E-state index contributed by atoms with van der Waals surface area (Å²) < 4.78 is 25.5. The fraction of sp³-hybridized carbons (Fsp3) is 0.500. The molecule has 0 saturated heterocycles. The highest BCUT2D eigenvalue weighted by atomic mass is 32.2. The molecule has 0 spiro atoms. The first kappa shape index (κ1) is 10.8. The molecule has 3 heteroatoms. The Balaban J connectivity index is 2.16. The Morgan fingerprint density at radius 3 is 2.47 bits per heavy atom. The van der Waals surface area contributed by atoms with E-state index in [-0.39, 0.29) is 11.1 Å². The smallest absolute Gasteiger partial charge is 0.139 e. The van der Waals surface area contributed by atoms with Gasteiger partial charge in [-0.1, -0.05) is 31.4 Å². The van der Waals surface area contributed by atoms with Crippen LogP contribution in [-0.2, 0) is 10.8 Å². The minimum absolute atomic E-state index is 0.163. The van der Waals surface area contributed by atoms with E-state index in [4.69, 9.17) is 0 Å². The number of hydrogen-bond donors (Lipinski definition) is 0. The molecule has 82 valence electrons. The summed E-state index contributed by atoms with van der Waals surface area (Å²) in [5, 5.41) is 0.163. The van der Waals surface area contributed by atoms with Crippen molar-refractivity contribution in [3.8, 4) is 0 Å². The van der Waals surface area contributed by atoms with E-state index in [1.165, 1.54) is 12.5 Å². The van der Waals surface area contributed by atoms with Gasteiger partial charge in [-0.3, -0.25) is 4.21 Å². The van der Waals surface area contributed by atoms with Crippen molar-refractivity contribution >= 4 is 10.8 Å². The molecule has 2 rings (SSSR count). The molecular formula is C12H15FOS. The lowest BCUT2D eigenvalue weighted by Crippen LogP contribution is -2.19. The third-order valence-electron chi connectivity index (χ3n) is 2.91. The number of benzene rings is 1. The van der Waals surface area contributed by atoms with Crippen molar-refractivity contribution in [1.82, 2.24) is 0 Å². The van der Waals surface area contributed by atoms with Gasteiger partial charge in [-0.25, -0.2) is 4.39 Å². The average molecular weight is 226 g/mol. The lowest BCUT2D eigenvalue weighted by Gasteiger charge is -2.20. The molecule has 0 radical (unpaired) electrons. The predicted octanol–water partition coefficient (Wildman–Crippen LogP) is 3.27. The summed E-state index contributed by atoms with van der Waals surface area (Å²) in [6, 6.07) is 6.41. The Kier molecular flexibility index (Phi) is 3.52. The van der Waals surface area contributed by atoms with Crippen LogP contribution in [-0.4, -0.2) is 9.46 Å². The van der Waals surface area contributed by atoms with Crippen LogP contribution in [0.2, 0.25) is 0 Å². The van der Waals surface area contributed by atoms with E-state index < -0.39 is 10.8 Å². The minimum Gasteiger partial charge on any atom is -0.254 e. The van der Waals surface area contributed by atoms with E-state index in [1.807, 2.05) is 0 Å². The number of halogens is 1. The maximum Gasteiger partial charge on any atom is 0.139 e. The molecule has 0 aliphatic heterocycles. The van der Waals surface area contributed by atoms with E-state index in [0.717, 1.165) is 25.7 Å². The molecule has 1 aromatic rings. The summed E-state index contributed by atoms with van der Waals surface area (Å²) in [4.78, 5) is 0.379. The summed E-state index contributed by atoms with van der Waals surface area (Å²) in [7, 11) is -1.16. The maximum absolute atomic E-state index is 13.4. The van der Waals surface area contributed by atoms with Crippen molar-refractivity contribution in [2.24, 2.45) is 0 Å². The molecule has 15 heavy (non-hydrogen) atoms. The average Bonchev–Trinajstić information content (AvgIpc) is 2.30.